The first-order chi connectivity index (χ1) is 13.7. The maximum atomic E-state index is 13.1. The van der Waals surface area contributed by atoms with Crippen molar-refractivity contribution in [2.24, 2.45) is 0 Å². The van der Waals surface area contributed by atoms with Crippen molar-refractivity contribution in [3.63, 3.8) is 0 Å². The summed E-state index contributed by atoms with van der Waals surface area (Å²) in [6, 6.07) is 15.6. The lowest BCUT2D eigenvalue weighted by Gasteiger charge is -2.47. The minimum Gasteiger partial charge on any atom is -0.492 e. The van der Waals surface area contributed by atoms with Crippen LogP contribution in [0, 0.1) is 0 Å². The molecule has 1 heterocycles. The molecule has 6 heteroatoms. The summed E-state index contributed by atoms with van der Waals surface area (Å²) in [5, 5.41) is 0. The van der Waals surface area contributed by atoms with Crippen LogP contribution in [0.3, 0.4) is 0 Å². The summed E-state index contributed by atoms with van der Waals surface area (Å²) in [5.74, 6) is 0.740. The van der Waals surface area contributed by atoms with Crippen molar-refractivity contribution >= 4 is 0 Å². The lowest BCUT2D eigenvalue weighted by atomic mass is 9.84. The topological polar surface area (TPSA) is 21.7 Å². The number of alkyl halides is 3. The highest BCUT2D eigenvalue weighted by molar-refractivity contribution is 5.35. The standard InChI is InChI=1S/C23H28F3NO2/c1-17-15-22(3,29-19-9-5-4-6-10-19)16-18(2)27(17)13-14-28-21-12-8-7-11-20(21)23(24,25)26/h4-12,17-18H,13-16H2,1-3H3/t17-,18?,22?/m1/s1. The van der Waals surface area contributed by atoms with E-state index in [2.05, 4.69) is 25.7 Å². The highest BCUT2D eigenvalue weighted by Crippen LogP contribution is 2.37. The molecule has 0 spiro atoms. The summed E-state index contributed by atoms with van der Waals surface area (Å²) in [6.45, 7) is 7.16. The van der Waals surface area contributed by atoms with Crippen molar-refractivity contribution in [2.75, 3.05) is 13.2 Å². The van der Waals surface area contributed by atoms with Crippen LogP contribution in [0.15, 0.2) is 54.6 Å². The Balaban J connectivity index is 1.58. The first kappa shape index (κ1) is 21.5. The van der Waals surface area contributed by atoms with Gasteiger partial charge in [-0.25, -0.2) is 0 Å². The van der Waals surface area contributed by atoms with Gasteiger partial charge in [-0.3, -0.25) is 4.90 Å². The summed E-state index contributed by atoms with van der Waals surface area (Å²) in [5.41, 5.74) is -1.01. The average molecular weight is 407 g/mol. The molecule has 1 aliphatic rings. The number of likely N-dealkylation sites (tertiary alicyclic amines) is 1. The molecule has 0 amide bonds. The molecule has 2 aromatic carbocycles. The van der Waals surface area contributed by atoms with Crippen molar-refractivity contribution in [3.8, 4) is 11.5 Å². The molecule has 3 rings (SSSR count). The quantitative estimate of drug-likeness (QED) is 0.605. The fourth-order valence-corrected chi connectivity index (χ4v) is 4.39. The van der Waals surface area contributed by atoms with Crippen molar-refractivity contribution < 1.29 is 22.6 Å². The predicted octanol–water partition coefficient (Wildman–Crippen LogP) is 5.79. The minimum absolute atomic E-state index is 0.116. The van der Waals surface area contributed by atoms with E-state index in [-0.39, 0.29) is 30.0 Å². The molecule has 0 radical (unpaired) electrons. The molecule has 1 fully saturated rings. The fraction of sp³-hybridized carbons (Fsp3) is 0.478. The zero-order valence-corrected chi connectivity index (χ0v) is 17.1. The highest BCUT2D eigenvalue weighted by Gasteiger charge is 2.40. The van der Waals surface area contributed by atoms with Gasteiger partial charge in [0.25, 0.3) is 0 Å². The van der Waals surface area contributed by atoms with Gasteiger partial charge in [-0.2, -0.15) is 13.2 Å². The summed E-state index contributed by atoms with van der Waals surface area (Å²) < 4.78 is 51.1. The van der Waals surface area contributed by atoms with E-state index in [1.54, 1.807) is 6.07 Å². The third kappa shape index (κ3) is 5.44. The summed E-state index contributed by atoms with van der Waals surface area (Å²) in [6.07, 6.45) is -2.74. The third-order valence-electron chi connectivity index (χ3n) is 5.49. The number of hydrogen-bond donors (Lipinski definition) is 0. The van der Waals surface area contributed by atoms with Crippen molar-refractivity contribution in [1.29, 1.82) is 0 Å². The number of rotatable bonds is 6. The molecule has 1 saturated heterocycles. The van der Waals surface area contributed by atoms with E-state index in [0.717, 1.165) is 24.7 Å². The number of halogens is 3. The van der Waals surface area contributed by atoms with E-state index in [4.69, 9.17) is 9.47 Å². The van der Waals surface area contributed by atoms with Crippen molar-refractivity contribution in [2.45, 2.75) is 57.5 Å². The first-order valence-electron chi connectivity index (χ1n) is 9.97. The van der Waals surface area contributed by atoms with Gasteiger partial charge in [0.05, 0.1) is 5.56 Å². The molecule has 2 unspecified atom stereocenters. The first-order valence-corrected chi connectivity index (χ1v) is 9.97. The molecule has 3 atom stereocenters. The Morgan fingerprint density at radius 2 is 1.55 bits per heavy atom. The Labute approximate surface area is 170 Å². The van der Waals surface area contributed by atoms with E-state index in [9.17, 15) is 13.2 Å². The fourth-order valence-electron chi connectivity index (χ4n) is 4.39. The second-order valence-electron chi connectivity index (χ2n) is 8.05. The Bertz CT molecular complexity index is 782. The van der Waals surface area contributed by atoms with Gasteiger partial charge in [0, 0.05) is 31.5 Å². The largest absolute Gasteiger partial charge is 0.492 e. The van der Waals surface area contributed by atoms with Gasteiger partial charge in [-0.15, -0.1) is 0 Å². The minimum atomic E-state index is -4.42. The van der Waals surface area contributed by atoms with Crippen LogP contribution in [0.5, 0.6) is 11.5 Å². The molecular weight excluding hydrogens is 379 g/mol. The lowest BCUT2D eigenvalue weighted by molar-refractivity contribution is -0.139. The molecule has 0 saturated carbocycles. The Kier molecular flexibility index (Phi) is 6.42. The van der Waals surface area contributed by atoms with Crippen molar-refractivity contribution in [3.05, 3.63) is 60.2 Å². The van der Waals surface area contributed by atoms with Gasteiger partial charge >= 0.3 is 6.18 Å². The van der Waals surface area contributed by atoms with Crippen molar-refractivity contribution in [1.82, 2.24) is 4.90 Å². The molecule has 0 bridgehead atoms. The van der Waals surface area contributed by atoms with Crippen LogP contribution in [-0.2, 0) is 6.18 Å². The normalized spacial score (nSPS) is 25.6. The Morgan fingerprint density at radius 1 is 0.966 bits per heavy atom. The van der Waals surface area contributed by atoms with Crippen LogP contribution >= 0.6 is 0 Å². The number of piperidine rings is 1. The van der Waals surface area contributed by atoms with E-state index in [1.807, 2.05) is 30.3 Å². The zero-order chi connectivity index (χ0) is 21.1. The Hall–Kier alpha value is -2.21. The van der Waals surface area contributed by atoms with Gasteiger partial charge in [-0.1, -0.05) is 30.3 Å². The number of benzene rings is 2. The molecular formula is C23H28F3NO2. The number of ether oxygens (including phenoxy) is 2. The van der Waals surface area contributed by atoms with Crippen LogP contribution in [0.2, 0.25) is 0 Å². The summed E-state index contributed by atoms with van der Waals surface area (Å²) >= 11 is 0. The number of hydrogen-bond acceptors (Lipinski definition) is 3. The van der Waals surface area contributed by atoms with Gasteiger partial charge < -0.3 is 9.47 Å². The molecule has 158 valence electrons. The summed E-state index contributed by atoms with van der Waals surface area (Å²) in [4.78, 5) is 2.28. The van der Waals surface area contributed by atoms with Gasteiger partial charge in [0.1, 0.15) is 23.7 Å². The molecule has 2 aromatic rings. The molecule has 0 aromatic heterocycles. The van der Waals surface area contributed by atoms with Gasteiger partial charge in [-0.05, 0) is 45.0 Å². The van der Waals surface area contributed by atoms with Crippen LogP contribution < -0.4 is 9.47 Å². The van der Waals surface area contributed by atoms with Crippen LogP contribution in [-0.4, -0.2) is 35.7 Å². The number of para-hydroxylation sites is 2. The van der Waals surface area contributed by atoms with E-state index in [0.29, 0.717) is 6.54 Å². The molecule has 0 aliphatic carbocycles. The number of nitrogens with zero attached hydrogens (tertiary/aromatic N) is 1. The van der Waals surface area contributed by atoms with E-state index < -0.39 is 11.7 Å². The maximum Gasteiger partial charge on any atom is 0.419 e. The highest BCUT2D eigenvalue weighted by atomic mass is 19.4. The second-order valence-corrected chi connectivity index (χ2v) is 8.05. The van der Waals surface area contributed by atoms with Gasteiger partial charge in [0.15, 0.2) is 0 Å². The third-order valence-corrected chi connectivity index (χ3v) is 5.49. The predicted molar refractivity (Wildman–Crippen MR) is 107 cm³/mol. The zero-order valence-electron chi connectivity index (χ0n) is 17.1. The molecule has 1 aliphatic heterocycles. The Morgan fingerprint density at radius 3 is 2.17 bits per heavy atom. The monoisotopic (exact) mass is 407 g/mol. The van der Waals surface area contributed by atoms with E-state index in [1.165, 1.54) is 12.1 Å². The lowest BCUT2D eigenvalue weighted by Crippen LogP contribution is -2.55. The van der Waals surface area contributed by atoms with Crippen LogP contribution in [0.25, 0.3) is 0 Å². The van der Waals surface area contributed by atoms with Gasteiger partial charge in [0.2, 0.25) is 0 Å². The molecule has 3 nitrogen and oxygen atoms in total. The van der Waals surface area contributed by atoms with Crippen LogP contribution in [0.1, 0.15) is 39.2 Å². The maximum absolute atomic E-state index is 13.1. The average Bonchev–Trinajstić information content (AvgIpc) is 2.64. The smallest absolute Gasteiger partial charge is 0.419 e. The SMILES string of the molecule is CC1CC(C)(Oc2ccccc2)C[C@@H](C)N1CCOc1ccccc1C(F)(F)F. The van der Waals surface area contributed by atoms with E-state index >= 15 is 0 Å². The van der Waals surface area contributed by atoms with Crippen LogP contribution in [0.4, 0.5) is 13.2 Å². The second kappa shape index (κ2) is 8.66. The molecule has 29 heavy (non-hydrogen) atoms. The summed E-state index contributed by atoms with van der Waals surface area (Å²) in [7, 11) is 0. The molecule has 0 N–H and O–H groups in total.